The molecule has 1 aliphatic heterocycles. The first kappa shape index (κ1) is 22.9. The maximum atomic E-state index is 12.9. The van der Waals surface area contributed by atoms with Crippen LogP contribution in [0.1, 0.15) is 72.1 Å². The van der Waals surface area contributed by atoms with Gasteiger partial charge in [-0.25, -0.2) is 9.78 Å². The van der Waals surface area contributed by atoms with Crippen LogP contribution in [0.2, 0.25) is 0 Å². The maximum absolute atomic E-state index is 12.9. The summed E-state index contributed by atoms with van der Waals surface area (Å²) in [7, 11) is 3.60. The molecule has 3 aliphatic rings. The van der Waals surface area contributed by atoms with Crippen molar-refractivity contribution in [3.8, 4) is 6.07 Å². The molecule has 8 nitrogen and oxygen atoms in total. The second-order valence-electron chi connectivity index (χ2n) is 9.94. The van der Waals surface area contributed by atoms with Crippen molar-refractivity contribution in [2.45, 2.75) is 44.4 Å². The Kier molecular flexibility index (Phi) is 5.96. The van der Waals surface area contributed by atoms with E-state index in [1.165, 1.54) is 37.8 Å². The molecule has 5 rings (SSSR count). The van der Waals surface area contributed by atoms with Crippen LogP contribution in [0.4, 0.5) is 10.5 Å². The zero-order chi connectivity index (χ0) is 24.6. The van der Waals surface area contributed by atoms with E-state index in [4.69, 9.17) is 14.7 Å². The Labute approximate surface area is 204 Å². The number of aromatic nitrogens is 1. The number of hydrogen-bond donors (Lipinski definition) is 1. The van der Waals surface area contributed by atoms with E-state index in [-0.39, 0.29) is 28.9 Å². The molecule has 180 valence electrons. The van der Waals surface area contributed by atoms with Crippen LogP contribution in [0.15, 0.2) is 40.5 Å². The zero-order valence-corrected chi connectivity index (χ0v) is 20.1. The first-order valence-electron chi connectivity index (χ1n) is 12.1. The van der Waals surface area contributed by atoms with Crippen LogP contribution in [0.5, 0.6) is 0 Å². The Morgan fingerprint density at radius 1 is 1.17 bits per heavy atom. The van der Waals surface area contributed by atoms with Gasteiger partial charge in [0.25, 0.3) is 5.91 Å². The number of nitrogens with zero attached hydrogens (tertiary/aromatic N) is 4. The summed E-state index contributed by atoms with van der Waals surface area (Å²) in [6.07, 6.45) is 9.07. The van der Waals surface area contributed by atoms with Gasteiger partial charge < -0.3 is 19.5 Å². The Balaban J connectivity index is 1.50. The van der Waals surface area contributed by atoms with Crippen molar-refractivity contribution in [1.82, 2.24) is 14.8 Å². The van der Waals surface area contributed by atoms with Crippen molar-refractivity contribution >= 4 is 23.2 Å². The van der Waals surface area contributed by atoms with Gasteiger partial charge in [-0.3, -0.25) is 4.79 Å². The number of hydrogen-bond acceptors (Lipinski definition) is 5. The zero-order valence-electron chi connectivity index (χ0n) is 20.1. The molecule has 1 saturated heterocycles. The van der Waals surface area contributed by atoms with Crippen molar-refractivity contribution in [2.75, 3.05) is 32.5 Å². The molecule has 8 heteroatoms. The van der Waals surface area contributed by atoms with Crippen LogP contribution in [-0.2, 0) is 0 Å². The second-order valence-corrected chi connectivity index (χ2v) is 9.94. The lowest BCUT2D eigenvalue weighted by Gasteiger charge is -2.36. The summed E-state index contributed by atoms with van der Waals surface area (Å²) in [6, 6.07) is 8.64. The Morgan fingerprint density at radius 2 is 1.91 bits per heavy atom. The van der Waals surface area contributed by atoms with Gasteiger partial charge in [-0.05, 0) is 61.4 Å². The minimum absolute atomic E-state index is 0.000303. The van der Waals surface area contributed by atoms with E-state index in [0.29, 0.717) is 24.5 Å². The van der Waals surface area contributed by atoms with Crippen LogP contribution in [-0.4, -0.2) is 53.9 Å². The average Bonchev–Trinajstić information content (AvgIpc) is 3.53. The minimum atomic E-state index is -0.433. The van der Waals surface area contributed by atoms with E-state index in [1.807, 2.05) is 18.2 Å². The molecule has 0 atom stereocenters. The quantitative estimate of drug-likeness (QED) is 0.647. The van der Waals surface area contributed by atoms with Crippen LogP contribution in [0.3, 0.4) is 0 Å². The summed E-state index contributed by atoms with van der Waals surface area (Å²) in [6.45, 7) is 1.17. The number of furan rings is 1. The number of pyridine rings is 1. The van der Waals surface area contributed by atoms with E-state index in [0.717, 1.165) is 24.1 Å². The average molecular weight is 472 g/mol. The van der Waals surface area contributed by atoms with Crippen molar-refractivity contribution < 1.29 is 14.0 Å². The summed E-state index contributed by atoms with van der Waals surface area (Å²) in [5.41, 5.74) is 6.92. The number of allylic oxidation sites excluding steroid dienone is 1. The lowest BCUT2D eigenvalue weighted by Crippen LogP contribution is -2.49. The molecule has 0 radical (unpaired) electrons. The van der Waals surface area contributed by atoms with Gasteiger partial charge in [0.2, 0.25) is 5.76 Å². The largest absolute Gasteiger partial charge is 0.440 e. The highest BCUT2D eigenvalue weighted by Gasteiger charge is 2.34. The molecule has 1 saturated carbocycles. The van der Waals surface area contributed by atoms with Gasteiger partial charge in [-0.1, -0.05) is 12.8 Å². The van der Waals surface area contributed by atoms with Gasteiger partial charge in [0, 0.05) is 44.4 Å². The Morgan fingerprint density at radius 3 is 2.54 bits per heavy atom. The Bertz CT molecular complexity index is 1260. The van der Waals surface area contributed by atoms with Crippen molar-refractivity contribution in [3.05, 3.63) is 59.0 Å². The fourth-order valence-corrected chi connectivity index (χ4v) is 5.51. The van der Waals surface area contributed by atoms with Gasteiger partial charge in [-0.15, -0.1) is 5.73 Å². The number of carbonyl (C=O) groups excluding carboxylic acids is 2. The molecule has 0 unspecified atom stereocenters. The summed E-state index contributed by atoms with van der Waals surface area (Å²) < 4.78 is 5.30. The van der Waals surface area contributed by atoms with Crippen molar-refractivity contribution in [1.29, 1.82) is 5.26 Å². The smallest absolute Gasteiger partial charge is 0.319 e. The third kappa shape index (κ3) is 4.48. The first-order valence-corrected chi connectivity index (χ1v) is 12.1. The number of anilines is 1. The van der Waals surface area contributed by atoms with Crippen molar-refractivity contribution in [2.24, 2.45) is 5.41 Å². The standard InChI is InChI=1S/C27H29N5O3/c1-31-16-19(17-32(2)26(31)34)21-6-7-22(30-25(33)23-8-5-20(15-28)35-23)24(29-21)18-9-13-27(14-10-18)11-3-4-12-27/h5-8,14,19H,3-4,9,11-13,16-17H2,1-2H3,(H,30,33). The molecule has 1 N–H and O–H groups in total. The lowest BCUT2D eigenvalue weighted by atomic mass is 9.77. The molecule has 2 fully saturated rings. The number of urea groups is 1. The molecular weight excluding hydrogens is 442 g/mol. The first-order chi connectivity index (χ1) is 16.9. The van der Waals surface area contributed by atoms with E-state index in [1.54, 1.807) is 23.9 Å². The van der Waals surface area contributed by atoms with Gasteiger partial charge in [-0.2, -0.15) is 5.26 Å². The van der Waals surface area contributed by atoms with E-state index in [2.05, 4.69) is 17.1 Å². The third-order valence-electron chi connectivity index (χ3n) is 7.48. The van der Waals surface area contributed by atoms with Crippen LogP contribution < -0.4 is 5.32 Å². The van der Waals surface area contributed by atoms with Crippen LogP contribution in [0.25, 0.3) is 5.57 Å². The normalized spacial score (nSPS) is 19.7. The molecular formula is C27H29N5O3. The highest BCUT2D eigenvalue weighted by atomic mass is 16.3. The van der Waals surface area contributed by atoms with E-state index in [9.17, 15) is 9.59 Å². The predicted molar refractivity (Wildman–Crippen MR) is 131 cm³/mol. The fourth-order valence-electron chi connectivity index (χ4n) is 5.51. The van der Waals surface area contributed by atoms with Gasteiger partial charge in [0.15, 0.2) is 5.76 Å². The molecule has 2 aromatic heterocycles. The third-order valence-corrected chi connectivity index (χ3v) is 7.48. The molecule has 1 spiro atoms. The molecule has 35 heavy (non-hydrogen) atoms. The maximum Gasteiger partial charge on any atom is 0.319 e. The summed E-state index contributed by atoms with van der Waals surface area (Å²) in [4.78, 5) is 33.5. The predicted octanol–water partition coefficient (Wildman–Crippen LogP) is 4.77. The van der Waals surface area contributed by atoms with E-state index < -0.39 is 5.91 Å². The number of carbonyl (C=O) groups is 2. The number of nitrogens with one attached hydrogen (secondary N) is 1. The van der Waals surface area contributed by atoms with Gasteiger partial charge in [0.05, 0.1) is 11.4 Å². The fraction of sp³-hybridized carbons (Fsp3) is 0.444. The van der Waals surface area contributed by atoms with Gasteiger partial charge in [0.1, 0.15) is 6.07 Å². The topological polar surface area (TPSA) is 102 Å². The second kappa shape index (κ2) is 9.09. The summed E-state index contributed by atoms with van der Waals surface area (Å²) in [5, 5.41) is 11.9. The van der Waals surface area contributed by atoms with Crippen LogP contribution >= 0.6 is 0 Å². The molecule has 2 aromatic rings. The molecule has 0 aromatic carbocycles. The summed E-state index contributed by atoms with van der Waals surface area (Å²) >= 11 is 0. The molecule has 3 heterocycles. The Hall–Kier alpha value is -3.82. The number of rotatable bonds is 4. The molecule has 2 aliphatic carbocycles. The SMILES string of the molecule is CN1CC(c2ccc(NC(=O)c3ccc(C#N)o3)c(C3=C=CC4(CCCC4)CC3)n2)CN(C)C1=O. The minimum Gasteiger partial charge on any atom is -0.440 e. The molecule has 0 bridgehead atoms. The molecule has 3 amide bonds. The van der Waals surface area contributed by atoms with Crippen molar-refractivity contribution in [3.63, 3.8) is 0 Å². The lowest BCUT2D eigenvalue weighted by molar-refractivity contribution is 0.0996. The van der Waals surface area contributed by atoms with Gasteiger partial charge >= 0.3 is 6.03 Å². The number of likely N-dealkylation sites (N-methyl/N-ethyl adjacent to an activating group) is 2. The summed E-state index contributed by atoms with van der Waals surface area (Å²) in [5.74, 6) is -0.214. The number of nitriles is 1. The number of amides is 3. The monoisotopic (exact) mass is 471 g/mol. The highest BCUT2D eigenvalue weighted by Crippen LogP contribution is 2.47. The van der Waals surface area contributed by atoms with Crippen LogP contribution in [0, 0.1) is 16.7 Å². The van der Waals surface area contributed by atoms with E-state index >= 15 is 0 Å². The highest BCUT2D eigenvalue weighted by molar-refractivity contribution is 6.03.